The fourth-order valence-electron chi connectivity index (χ4n) is 2.53. The lowest BCUT2D eigenvalue weighted by Crippen LogP contribution is -2.11. The molecule has 0 saturated heterocycles. The number of nitrogens with zero attached hydrogens (tertiary/aromatic N) is 1. The maximum Gasteiger partial charge on any atom is 0.271 e. The van der Waals surface area contributed by atoms with Crippen LogP contribution in [0.15, 0.2) is 75.6 Å². The molecule has 0 aliphatic carbocycles. The summed E-state index contributed by atoms with van der Waals surface area (Å²) in [6.07, 6.45) is 0. The van der Waals surface area contributed by atoms with Crippen LogP contribution in [0.3, 0.4) is 0 Å². The predicted octanol–water partition coefficient (Wildman–Crippen LogP) is 5.99. The van der Waals surface area contributed by atoms with E-state index in [1.165, 1.54) is 22.7 Å². The van der Waals surface area contributed by atoms with Crippen LogP contribution in [0.1, 0.15) is 0 Å². The van der Waals surface area contributed by atoms with E-state index in [4.69, 9.17) is 11.6 Å². The van der Waals surface area contributed by atoms with Crippen molar-refractivity contribution >= 4 is 50.0 Å². The predicted molar refractivity (Wildman–Crippen MR) is 113 cm³/mol. The monoisotopic (exact) mass is 432 g/mol. The summed E-state index contributed by atoms with van der Waals surface area (Å²) in [5.41, 5.74) is 2.97. The number of thiazole rings is 1. The standard InChI is InChI=1S/C19H13ClN2O2S3/c20-16-8-2-1-7-15(16)19-21-17(12-26-19)13-5-3-6-14(11-13)22-27(23,24)18-9-4-10-25-18/h1-12,22H. The van der Waals surface area contributed by atoms with Gasteiger partial charge in [0.25, 0.3) is 10.0 Å². The first-order valence-corrected chi connectivity index (χ1v) is 11.5. The highest BCUT2D eigenvalue weighted by atomic mass is 35.5. The maximum absolute atomic E-state index is 12.4. The van der Waals surface area contributed by atoms with Crippen LogP contribution in [0.4, 0.5) is 5.69 Å². The number of aromatic nitrogens is 1. The molecule has 4 rings (SSSR count). The van der Waals surface area contributed by atoms with E-state index < -0.39 is 10.0 Å². The third-order valence-electron chi connectivity index (χ3n) is 3.78. The molecule has 2 heterocycles. The zero-order valence-electron chi connectivity index (χ0n) is 13.8. The van der Waals surface area contributed by atoms with Crippen molar-refractivity contribution in [2.45, 2.75) is 4.21 Å². The molecule has 8 heteroatoms. The molecule has 0 fully saturated rings. The van der Waals surface area contributed by atoms with Crippen LogP contribution in [0.25, 0.3) is 21.8 Å². The van der Waals surface area contributed by atoms with Crippen LogP contribution in [-0.4, -0.2) is 13.4 Å². The Bertz CT molecular complexity index is 1190. The summed E-state index contributed by atoms with van der Waals surface area (Å²) in [7, 11) is -3.58. The fourth-order valence-corrected chi connectivity index (χ4v) is 5.72. The number of anilines is 1. The summed E-state index contributed by atoms with van der Waals surface area (Å²) in [6.45, 7) is 0. The van der Waals surface area contributed by atoms with E-state index in [0.717, 1.165) is 21.8 Å². The summed E-state index contributed by atoms with van der Waals surface area (Å²) in [5.74, 6) is 0. The topological polar surface area (TPSA) is 59.1 Å². The van der Waals surface area contributed by atoms with Crippen molar-refractivity contribution in [3.05, 3.63) is 76.4 Å². The van der Waals surface area contributed by atoms with E-state index in [1.807, 2.05) is 35.7 Å². The number of halogens is 1. The minimum atomic E-state index is -3.58. The van der Waals surface area contributed by atoms with Crippen molar-refractivity contribution in [1.82, 2.24) is 4.98 Å². The normalized spacial score (nSPS) is 11.4. The Morgan fingerprint density at radius 3 is 2.59 bits per heavy atom. The fraction of sp³-hybridized carbons (Fsp3) is 0. The van der Waals surface area contributed by atoms with Gasteiger partial charge >= 0.3 is 0 Å². The van der Waals surface area contributed by atoms with E-state index in [0.29, 0.717) is 10.7 Å². The summed E-state index contributed by atoms with van der Waals surface area (Å²) in [5, 5.41) is 5.14. The second-order valence-corrected chi connectivity index (χ2v) is 9.76. The van der Waals surface area contributed by atoms with Gasteiger partial charge in [-0.05, 0) is 29.6 Å². The molecule has 0 radical (unpaired) electrons. The molecular formula is C19H13ClN2O2S3. The van der Waals surface area contributed by atoms with Crippen LogP contribution in [0.5, 0.6) is 0 Å². The van der Waals surface area contributed by atoms with Crippen molar-refractivity contribution in [1.29, 1.82) is 0 Å². The van der Waals surface area contributed by atoms with Crippen molar-refractivity contribution in [2.75, 3.05) is 4.72 Å². The average Bonchev–Trinajstić information content (AvgIpc) is 3.35. The van der Waals surface area contributed by atoms with Crippen molar-refractivity contribution in [3.8, 4) is 21.8 Å². The van der Waals surface area contributed by atoms with Gasteiger partial charge in [-0.3, -0.25) is 4.72 Å². The third-order valence-corrected chi connectivity index (χ3v) is 7.76. The van der Waals surface area contributed by atoms with Gasteiger partial charge in [0, 0.05) is 22.2 Å². The third kappa shape index (κ3) is 3.91. The number of hydrogen-bond donors (Lipinski definition) is 1. The Kier molecular flexibility index (Phi) is 5.01. The molecule has 4 aromatic rings. The zero-order valence-corrected chi connectivity index (χ0v) is 17.0. The lowest BCUT2D eigenvalue weighted by atomic mass is 10.1. The van der Waals surface area contributed by atoms with Crippen molar-refractivity contribution in [2.24, 2.45) is 0 Å². The molecule has 0 bridgehead atoms. The van der Waals surface area contributed by atoms with E-state index >= 15 is 0 Å². The van der Waals surface area contributed by atoms with Gasteiger partial charge in [-0.1, -0.05) is 48.0 Å². The summed E-state index contributed by atoms with van der Waals surface area (Å²) in [4.78, 5) is 4.66. The van der Waals surface area contributed by atoms with Crippen LogP contribution >= 0.6 is 34.3 Å². The average molecular weight is 433 g/mol. The van der Waals surface area contributed by atoms with Gasteiger partial charge in [-0.15, -0.1) is 22.7 Å². The minimum Gasteiger partial charge on any atom is -0.279 e. The van der Waals surface area contributed by atoms with Crippen LogP contribution < -0.4 is 4.72 Å². The molecule has 0 saturated carbocycles. The highest BCUT2D eigenvalue weighted by Gasteiger charge is 2.16. The summed E-state index contributed by atoms with van der Waals surface area (Å²) in [6, 6.07) is 18.0. The number of sulfonamides is 1. The van der Waals surface area contributed by atoms with Crippen LogP contribution in [-0.2, 0) is 10.0 Å². The SMILES string of the molecule is O=S(=O)(Nc1cccc(-c2csc(-c3ccccc3Cl)n2)c1)c1cccs1. The molecule has 136 valence electrons. The Hall–Kier alpha value is -2.19. The molecule has 0 spiro atoms. The first-order valence-electron chi connectivity index (χ1n) is 7.90. The van der Waals surface area contributed by atoms with Gasteiger partial charge in [-0.25, -0.2) is 13.4 Å². The van der Waals surface area contributed by atoms with E-state index in [1.54, 1.807) is 35.7 Å². The van der Waals surface area contributed by atoms with E-state index in [9.17, 15) is 8.42 Å². The van der Waals surface area contributed by atoms with Gasteiger partial charge in [0.15, 0.2) is 0 Å². The van der Waals surface area contributed by atoms with E-state index in [-0.39, 0.29) is 4.21 Å². The maximum atomic E-state index is 12.4. The quantitative estimate of drug-likeness (QED) is 0.421. The summed E-state index contributed by atoms with van der Waals surface area (Å²) < 4.78 is 27.7. The molecule has 0 aliphatic rings. The zero-order chi connectivity index (χ0) is 18.9. The first kappa shape index (κ1) is 18.2. The van der Waals surface area contributed by atoms with Crippen LogP contribution in [0, 0.1) is 0 Å². The molecule has 2 aromatic heterocycles. The molecule has 0 amide bonds. The van der Waals surface area contributed by atoms with Gasteiger partial charge in [0.05, 0.1) is 10.7 Å². The first-order chi connectivity index (χ1) is 13.0. The molecule has 0 atom stereocenters. The number of nitrogens with one attached hydrogen (secondary N) is 1. The minimum absolute atomic E-state index is 0.280. The number of hydrogen-bond acceptors (Lipinski definition) is 5. The van der Waals surface area contributed by atoms with Crippen molar-refractivity contribution < 1.29 is 8.42 Å². The molecule has 0 unspecified atom stereocenters. The Balaban J connectivity index is 1.63. The van der Waals surface area contributed by atoms with Gasteiger partial charge < -0.3 is 0 Å². The molecule has 0 aliphatic heterocycles. The number of thiophene rings is 1. The summed E-state index contributed by atoms with van der Waals surface area (Å²) >= 11 is 8.93. The molecule has 1 N–H and O–H groups in total. The van der Waals surface area contributed by atoms with E-state index in [2.05, 4.69) is 9.71 Å². The lowest BCUT2D eigenvalue weighted by Gasteiger charge is -2.07. The van der Waals surface area contributed by atoms with Gasteiger partial charge in [-0.2, -0.15) is 0 Å². The number of benzene rings is 2. The van der Waals surface area contributed by atoms with Gasteiger partial charge in [0.1, 0.15) is 9.22 Å². The molecule has 27 heavy (non-hydrogen) atoms. The smallest absolute Gasteiger partial charge is 0.271 e. The Labute approximate surface area is 170 Å². The molecule has 2 aromatic carbocycles. The Morgan fingerprint density at radius 1 is 0.963 bits per heavy atom. The highest BCUT2D eigenvalue weighted by Crippen LogP contribution is 2.33. The largest absolute Gasteiger partial charge is 0.279 e. The lowest BCUT2D eigenvalue weighted by molar-refractivity contribution is 0.603. The second kappa shape index (κ2) is 7.44. The Morgan fingerprint density at radius 2 is 1.81 bits per heavy atom. The van der Waals surface area contributed by atoms with Crippen LogP contribution in [0.2, 0.25) is 5.02 Å². The molecular weight excluding hydrogens is 420 g/mol. The second-order valence-electron chi connectivity index (χ2n) is 5.64. The highest BCUT2D eigenvalue weighted by molar-refractivity contribution is 7.94. The molecule has 4 nitrogen and oxygen atoms in total. The number of rotatable bonds is 5. The van der Waals surface area contributed by atoms with Crippen molar-refractivity contribution in [3.63, 3.8) is 0 Å². The van der Waals surface area contributed by atoms with Gasteiger partial charge in [0.2, 0.25) is 0 Å².